The minimum atomic E-state index is 0.383. The number of aryl methyl sites for hydroxylation is 1. The third kappa shape index (κ3) is 3.87. The van der Waals surface area contributed by atoms with Crippen molar-refractivity contribution in [1.82, 2.24) is 20.4 Å². The number of hydrogen-bond acceptors (Lipinski definition) is 5. The number of nitrogens with zero attached hydrogens (tertiary/aromatic N) is 3. The van der Waals surface area contributed by atoms with Crippen LogP contribution in [0.5, 0.6) is 0 Å². The Bertz CT molecular complexity index is 538. The fourth-order valence-corrected chi connectivity index (χ4v) is 2.03. The summed E-state index contributed by atoms with van der Waals surface area (Å²) < 4.78 is 5.33. The van der Waals surface area contributed by atoms with Gasteiger partial charge < -0.3 is 9.84 Å². The smallest absolute Gasteiger partial charge is 0.228 e. The minimum absolute atomic E-state index is 0.383. The van der Waals surface area contributed by atoms with Crippen LogP contribution in [0.2, 0.25) is 0 Å². The zero-order chi connectivity index (χ0) is 14.4. The van der Waals surface area contributed by atoms with Crippen molar-refractivity contribution in [3.05, 3.63) is 29.8 Å². The molecule has 5 nitrogen and oxygen atoms in total. The average Bonchev–Trinajstić information content (AvgIpc) is 2.92. The van der Waals surface area contributed by atoms with E-state index in [1.807, 2.05) is 25.1 Å². The van der Waals surface area contributed by atoms with E-state index in [1.54, 1.807) is 0 Å². The lowest BCUT2D eigenvalue weighted by molar-refractivity contribution is 0.354. The molecule has 0 aliphatic carbocycles. The quantitative estimate of drug-likeness (QED) is 0.841. The molecule has 2 aromatic heterocycles. The Balaban J connectivity index is 2.05. The second-order valence-electron chi connectivity index (χ2n) is 4.94. The van der Waals surface area contributed by atoms with E-state index < -0.39 is 0 Å². The molecule has 0 saturated carbocycles. The predicted octanol–water partition coefficient (Wildman–Crippen LogP) is 2.76. The summed E-state index contributed by atoms with van der Waals surface area (Å²) in [5.74, 6) is 1.23. The maximum Gasteiger partial charge on any atom is 0.228 e. The Morgan fingerprint density at radius 3 is 2.80 bits per heavy atom. The molecule has 2 rings (SSSR count). The SMILES string of the molecule is CCCNC(CC)Cc1nc(-c2cccc(C)n2)no1. The van der Waals surface area contributed by atoms with Gasteiger partial charge in [-0.2, -0.15) is 4.98 Å². The van der Waals surface area contributed by atoms with E-state index in [4.69, 9.17) is 4.52 Å². The second-order valence-corrected chi connectivity index (χ2v) is 4.94. The fourth-order valence-electron chi connectivity index (χ4n) is 2.03. The molecule has 108 valence electrons. The minimum Gasteiger partial charge on any atom is -0.339 e. The highest BCUT2D eigenvalue weighted by Crippen LogP contribution is 2.14. The molecule has 0 aliphatic heterocycles. The highest BCUT2D eigenvalue weighted by atomic mass is 16.5. The molecule has 0 bridgehead atoms. The molecule has 0 aliphatic rings. The van der Waals surface area contributed by atoms with Crippen molar-refractivity contribution in [2.24, 2.45) is 0 Å². The van der Waals surface area contributed by atoms with E-state index in [1.165, 1.54) is 0 Å². The Labute approximate surface area is 119 Å². The molecular weight excluding hydrogens is 252 g/mol. The Morgan fingerprint density at radius 2 is 2.10 bits per heavy atom. The van der Waals surface area contributed by atoms with E-state index >= 15 is 0 Å². The lowest BCUT2D eigenvalue weighted by Gasteiger charge is -2.13. The third-order valence-corrected chi connectivity index (χ3v) is 3.18. The number of nitrogens with one attached hydrogen (secondary N) is 1. The molecule has 0 fully saturated rings. The molecule has 1 unspecified atom stereocenters. The summed E-state index contributed by atoms with van der Waals surface area (Å²) in [6.07, 6.45) is 2.93. The molecule has 0 aromatic carbocycles. The van der Waals surface area contributed by atoms with Gasteiger partial charge in [0.1, 0.15) is 5.69 Å². The van der Waals surface area contributed by atoms with E-state index in [-0.39, 0.29) is 0 Å². The van der Waals surface area contributed by atoms with Gasteiger partial charge in [0.05, 0.1) is 0 Å². The van der Waals surface area contributed by atoms with Gasteiger partial charge in [0, 0.05) is 18.2 Å². The lowest BCUT2D eigenvalue weighted by Crippen LogP contribution is -2.31. The van der Waals surface area contributed by atoms with Crippen LogP contribution in [0, 0.1) is 6.92 Å². The van der Waals surface area contributed by atoms with Crippen molar-refractivity contribution in [3.8, 4) is 11.5 Å². The first-order valence-electron chi connectivity index (χ1n) is 7.23. The van der Waals surface area contributed by atoms with Gasteiger partial charge in [-0.1, -0.05) is 25.1 Å². The zero-order valence-electron chi connectivity index (χ0n) is 12.4. The average molecular weight is 274 g/mol. The Kier molecular flexibility index (Phi) is 5.24. The number of aromatic nitrogens is 3. The fraction of sp³-hybridized carbons (Fsp3) is 0.533. The maximum atomic E-state index is 5.33. The van der Waals surface area contributed by atoms with Crippen LogP contribution in [0.3, 0.4) is 0 Å². The maximum absolute atomic E-state index is 5.33. The van der Waals surface area contributed by atoms with Crippen LogP contribution in [0.15, 0.2) is 22.7 Å². The topological polar surface area (TPSA) is 63.8 Å². The molecule has 1 atom stereocenters. The molecule has 0 spiro atoms. The van der Waals surface area contributed by atoms with Crippen LogP contribution in [-0.2, 0) is 6.42 Å². The van der Waals surface area contributed by atoms with E-state index in [2.05, 4.69) is 34.3 Å². The first kappa shape index (κ1) is 14.7. The van der Waals surface area contributed by atoms with Crippen molar-refractivity contribution >= 4 is 0 Å². The van der Waals surface area contributed by atoms with Gasteiger partial charge in [-0.25, -0.2) is 4.98 Å². The molecule has 0 radical (unpaired) electrons. The van der Waals surface area contributed by atoms with Crippen molar-refractivity contribution in [2.45, 2.75) is 46.1 Å². The number of rotatable bonds is 7. The normalized spacial score (nSPS) is 12.6. The molecule has 2 aromatic rings. The van der Waals surface area contributed by atoms with Gasteiger partial charge in [0.2, 0.25) is 11.7 Å². The summed E-state index contributed by atoms with van der Waals surface area (Å²) in [6, 6.07) is 6.18. The summed E-state index contributed by atoms with van der Waals surface area (Å²) in [6.45, 7) is 7.28. The van der Waals surface area contributed by atoms with Crippen LogP contribution in [-0.4, -0.2) is 27.7 Å². The third-order valence-electron chi connectivity index (χ3n) is 3.18. The van der Waals surface area contributed by atoms with E-state index in [0.717, 1.165) is 37.2 Å². The Hall–Kier alpha value is -1.75. The van der Waals surface area contributed by atoms with Crippen LogP contribution in [0.25, 0.3) is 11.5 Å². The molecular formula is C15H22N4O. The summed E-state index contributed by atoms with van der Waals surface area (Å²) in [5, 5.41) is 7.50. The van der Waals surface area contributed by atoms with Crippen molar-refractivity contribution in [1.29, 1.82) is 0 Å². The van der Waals surface area contributed by atoms with E-state index in [9.17, 15) is 0 Å². The Morgan fingerprint density at radius 1 is 1.25 bits per heavy atom. The monoisotopic (exact) mass is 274 g/mol. The standard InChI is InChI=1S/C15H22N4O/c1-4-9-16-12(5-2)10-14-18-15(19-20-14)13-8-6-7-11(3)17-13/h6-8,12,16H,4-5,9-10H2,1-3H3. The van der Waals surface area contributed by atoms with Crippen LogP contribution in [0.4, 0.5) is 0 Å². The number of pyridine rings is 1. The molecule has 5 heteroatoms. The van der Waals surface area contributed by atoms with Crippen LogP contribution >= 0.6 is 0 Å². The van der Waals surface area contributed by atoms with Crippen molar-refractivity contribution in [3.63, 3.8) is 0 Å². The second kappa shape index (κ2) is 7.14. The predicted molar refractivity (Wildman–Crippen MR) is 78.3 cm³/mol. The van der Waals surface area contributed by atoms with Gasteiger partial charge in [0.15, 0.2) is 0 Å². The molecule has 0 amide bonds. The number of hydrogen-bond donors (Lipinski definition) is 1. The first-order valence-corrected chi connectivity index (χ1v) is 7.23. The van der Waals surface area contributed by atoms with E-state index in [0.29, 0.717) is 17.8 Å². The zero-order valence-corrected chi connectivity index (χ0v) is 12.4. The first-order chi connectivity index (χ1) is 9.72. The van der Waals surface area contributed by atoms with Gasteiger partial charge in [-0.3, -0.25) is 0 Å². The summed E-state index contributed by atoms with van der Waals surface area (Å²) in [4.78, 5) is 8.84. The van der Waals surface area contributed by atoms with Gasteiger partial charge >= 0.3 is 0 Å². The molecule has 2 heterocycles. The summed E-state index contributed by atoms with van der Waals surface area (Å²) in [5.41, 5.74) is 1.71. The van der Waals surface area contributed by atoms with Crippen LogP contribution in [0.1, 0.15) is 38.3 Å². The highest BCUT2D eigenvalue weighted by molar-refractivity contribution is 5.47. The van der Waals surface area contributed by atoms with Crippen LogP contribution < -0.4 is 5.32 Å². The van der Waals surface area contributed by atoms with Crippen molar-refractivity contribution in [2.75, 3.05) is 6.54 Å². The van der Waals surface area contributed by atoms with Gasteiger partial charge in [-0.15, -0.1) is 0 Å². The highest BCUT2D eigenvalue weighted by Gasteiger charge is 2.14. The summed E-state index contributed by atoms with van der Waals surface area (Å²) in [7, 11) is 0. The van der Waals surface area contributed by atoms with Gasteiger partial charge in [-0.05, 0) is 38.4 Å². The van der Waals surface area contributed by atoms with Gasteiger partial charge in [0.25, 0.3) is 0 Å². The van der Waals surface area contributed by atoms with Crippen molar-refractivity contribution < 1.29 is 4.52 Å². The largest absolute Gasteiger partial charge is 0.339 e. The lowest BCUT2D eigenvalue weighted by atomic mass is 10.1. The summed E-state index contributed by atoms with van der Waals surface area (Å²) >= 11 is 0. The molecule has 0 saturated heterocycles. The molecule has 1 N–H and O–H groups in total. The molecule has 20 heavy (non-hydrogen) atoms.